The fourth-order valence-electron chi connectivity index (χ4n) is 1.66. The van der Waals surface area contributed by atoms with Gasteiger partial charge in [0, 0.05) is 0 Å². The molecule has 0 saturated carbocycles. The molecule has 4 nitrogen and oxygen atoms in total. The van der Waals surface area contributed by atoms with Gasteiger partial charge in [0.15, 0.2) is 0 Å². The van der Waals surface area contributed by atoms with Crippen LogP contribution in [-0.4, -0.2) is 24.2 Å². The van der Waals surface area contributed by atoms with Crippen LogP contribution in [0.5, 0.6) is 11.5 Å². The van der Waals surface area contributed by atoms with Crippen LogP contribution in [0.2, 0.25) is 0 Å². The van der Waals surface area contributed by atoms with Gasteiger partial charge < -0.3 is 14.5 Å². The molecule has 2 aromatic rings. The molecular formula is C12H14N2O2. The van der Waals surface area contributed by atoms with E-state index in [-0.39, 0.29) is 0 Å². The number of ether oxygens (including phenoxy) is 2. The zero-order valence-corrected chi connectivity index (χ0v) is 9.57. The Morgan fingerprint density at radius 1 is 1.12 bits per heavy atom. The van der Waals surface area contributed by atoms with E-state index < -0.39 is 0 Å². The third-order valence-electron chi connectivity index (χ3n) is 2.40. The number of aryl methyl sites for hydroxylation is 1. The van der Waals surface area contributed by atoms with Gasteiger partial charge in [-0.05, 0) is 19.1 Å². The topological polar surface area (TPSA) is 47.1 Å². The summed E-state index contributed by atoms with van der Waals surface area (Å²) in [5.41, 5.74) is 1.79. The average Bonchev–Trinajstić information content (AvgIpc) is 2.74. The normalized spacial score (nSPS) is 10.2. The lowest BCUT2D eigenvalue weighted by molar-refractivity contribution is 0.397. The minimum atomic E-state index is 0.767. The molecule has 4 heteroatoms. The maximum Gasteiger partial charge on any atom is 0.131 e. The Balaban J connectivity index is 2.60. The van der Waals surface area contributed by atoms with E-state index in [1.54, 1.807) is 20.4 Å². The summed E-state index contributed by atoms with van der Waals surface area (Å²) in [6, 6.07) is 5.69. The number of hydrogen-bond donors (Lipinski definition) is 1. The first-order valence-corrected chi connectivity index (χ1v) is 4.99. The van der Waals surface area contributed by atoms with Crippen LogP contribution in [-0.2, 0) is 0 Å². The van der Waals surface area contributed by atoms with Crippen LogP contribution in [0, 0.1) is 6.92 Å². The number of rotatable bonds is 3. The van der Waals surface area contributed by atoms with Gasteiger partial charge in [-0.2, -0.15) is 0 Å². The Labute approximate surface area is 94.2 Å². The molecule has 84 valence electrons. The quantitative estimate of drug-likeness (QED) is 0.860. The summed E-state index contributed by atoms with van der Waals surface area (Å²) in [6.07, 6.45) is 1.77. The highest BCUT2D eigenvalue weighted by Crippen LogP contribution is 2.36. The van der Waals surface area contributed by atoms with Crippen molar-refractivity contribution in [2.75, 3.05) is 14.2 Å². The number of nitrogens with one attached hydrogen (secondary N) is 1. The molecule has 0 fully saturated rings. The number of aromatic amines is 1. The molecule has 0 atom stereocenters. The molecule has 0 bridgehead atoms. The molecule has 1 aromatic carbocycles. The zero-order chi connectivity index (χ0) is 11.5. The van der Waals surface area contributed by atoms with E-state index in [4.69, 9.17) is 9.47 Å². The second-order valence-corrected chi connectivity index (χ2v) is 3.42. The van der Waals surface area contributed by atoms with E-state index in [0.717, 1.165) is 28.6 Å². The van der Waals surface area contributed by atoms with Crippen molar-refractivity contribution in [3.05, 3.63) is 30.2 Å². The summed E-state index contributed by atoms with van der Waals surface area (Å²) in [5.74, 6) is 2.40. The first kappa shape index (κ1) is 10.5. The first-order chi connectivity index (χ1) is 7.76. The van der Waals surface area contributed by atoms with E-state index >= 15 is 0 Å². The highest BCUT2D eigenvalue weighted by Gasteiger charge is 2.13. The largest absolute Gasteiger partial charge is 0.496 e. The number of hydrogen-bond acceptors (Lipinski definition) is 3. The number of benzene rings is 1. The van der Waals surface area contributed by atoms with Crippen molar-refractivity contribution in [3.63, 3.8) is 0 Å². The van der Waals surface area contributed by atoms with Crippen molar-refractivity contribution in [3.8, 4) is 22.8 Å². The third kappa shape index (κ3) is 1.74. The first-order valence-electron chi connectivity index (χ1n) is 4.99. The summed E-state index contributed by atoms with van der Waals surface area (Å²) in [6.45, 7) is 1.91. The van der Waals surface area contributed by atoms with Crippen molar-refractivity contribution in [1.82, 2.24) is 9.97 Å². The van der Waals surface area contributed by atoms with Crippen molar-refractivity contribution >= 4 is 0 Å². The van der Waals surface area contributed by atoms with E-state index in [1.807, 2.05) is 25.1 Å². The smallest absolute Gasteiger partial charge is 0.131 e. The average molecular weight is 218 g/mol. The highest BCUT2D eigenvalue weighted by atomic mass is 16.5. The van der Waals surface area contributed by atoms with Gasteiger partial charge in [-0.1, -0.05) is 6.07 Å². The Hall–Kier alpha value is -1.97. The summed E-state index contributed by atoms with van der Waals surface area (Å²) in [7, 11) is 3.28. The van der Waals surface area contributed by atoms with Crippen LogP contribution in [0.1, 0.15) is 5.82 Å². The molecule has 1 N–H and O–H groups in total. The van der Waals surface area contributed by atoms with Gasteiger partial charge in [-0.3, -0.25) is 0 Å². The maximum atomic E-state index is 5.32. The number of methoxy groups -OCH3 is 2. The van der Waals surface area contributed by atoms with Crippen molar-refractivity contribution in [1.29, 1.82) is 0 Å². The fourth-order valence-corrected chi connectivity index (χ4v) is 1.66. The number of aromatic nitrogens is 2. The molecule has 16 heavy (non-hydrogen) atoms. The van der Waals surface area contributed by atoms with Gasteiger partial charge in [0.2, 0.25) is 0 Å². The Bertz CT molecular complexity index is 469. The summed E-state index contributed by atoms with van der Waals surface area (Å²) in [5, 5.41) is 0. The summed E-state index contributed by atoms with van der Waals surface area (Å²) >= 11 is 0. The summed E-state index contributed by atoms with van der Waals surface area (Å²) < 4.78 is 10.6. The lowest BCUT2D eigenvalue weighted by atomic mass is 10.1. The predicted octanol–water partition coefficient (Wildman–Crippen LogP) is 2.40. The molecule has 0 aliphatic heterocycles. The van der Waals surface area contributed by atoms with Crippen LogP contribution in [0.15, 0.2) is 24.4 Å². The highest BCUT2D eigenvalue weighted by molar-refractivity contribution is 5.73. The van der Waals surface area contributed by atoms with Crippen molar-refractivity contribution in [2.45, 2.75) is 6.92 Å². The second-order valence-electron chi connectivity index (χ2n) is 3.42. The zero-order valence-electron chi connectivity index (χ0n) is 9.57. The molecule has 2 rings (SSSR count). The van der Waals surface area contributed by atoms with Crippen molar-refractivity contribution in [2.24, 2.45) is 0 Å². The molecular weight excluding hydrogens is 204 g/mol. The fraction of sp³-hybridized carbons (Fsp3) is 0.250. The summed E-state index contributed by atoms with van der Waals surface area (Å²) in [4.78, 5) is 7.35. The number of imidazole rings is 1. The minimum absolute atomic E-state index is 0.767. The standard InChI is InChI=1S/C12H14N2O2/c1-8-13-7-9(14-8)12-10(15-2)5-4-6-11(12)16-3/h4-7H,1-3H3,(H,13,14). The van der Waals surface area contributed by atoms with Crippen LogP contribution in [0.3, 0.4) is 0 Å². The molecule has 0 amide bonds. The molecule has 0 aliphatic carbocycles. The number of nitrogens with zero attached hydrogens (tertiary/aromatic N) is 1. The van der Waals surface area contributed by atoms with Crippen LogP contribution < -0.4 is 9.47 Å². The molecule has 0 saturated heterocycles. The SMILES string of the molecule is COc1cccc(OC)c1-c1cnc(C)[nH]1. The molecule has 0 aliphatic rings. The molecule has 0 radical (unpaired) electrons. The molecule has 1 heterocycles. The van der Waals surface area contributed by atoms with Crippen LogP contribution in [0.4, 0.5) is 0 Å². The van der Waals surface area contributed by atoms with Crippen LogP contribution >= 0.6 is 0 Å². The predicted molar refractivity (Wildman–Crippen MR) is 61.9 cm³/mol. The lowest BCUT2D eigenvalue weighted by Crippen LogP contribution is -1.93. The van der Waals surface area contributed by atoms with Gasteiger partial charge in [-0.25, -0.2) is 4.98 Å². The van der Waals surface area contributed by atoms with Gasteiger partial charge in [0.25, 0.3) is 0 Å². The van der Waals surface area contributed by atoms with Gasteiger partial charge in [0.1, 0.15) is 17.3 Å². The van der Waals surface area contributed by atoms with E-state index in [9.17, 15) is 0 Å². The Kier molecular flexibility index (Phi) is 2.81. The van der Waals surface area contributed by atoms with Gasteiger partial charge >= 0.3 is 0 Å². The van der Waals surface area contributed by atoms with E-state index in [1.165, 1.54) is 0 Å². The monoisotopic (exact) mass is 218 g/mol. The molecule has 1 aromatic heterocycles. The lowest BCUT2D eigenvalue weighted by Gasteiger charge is -2.11. The molecule has 0 spiro atoms. The van der Waals surface area contributed by atoms with Crippen LogP contribution in [0.25, 0.3) is 11.3 Å². The Morgan fingerprint density at radius 2 is 1.75 bits per heavy atom. The maximum absolute atomic E-state index is 5.32. The minimum Gasteiger partial charge on any atom is -0.496 e. The third-order valence-corrected chi connectivity index (χ3v) is 2.40. The second kappa shape index (κ2) is 4.26. The van der Waals surface area contributed by atoms with E-state index in [2.05, 4.69) is 9.97 Å². The molecule has 0 unspecified atom stereocenters. The van der Waals surface area contributed by atoms with Gasteiger partial charge in [0.05, 0.1) is 31.7 Å². The number of H-pyrrole nitrogens is 1. The van der Waals surface area contributed by atoms with E-state index in [0.29, 0.717) is 0 Å². The van der Waals surface area contributed by atoms with Crippen molar-refractivity contribution < 1.29 is 9.47 Å². The van der Waals surface area contributed by atoms with Gasteiger partial charge in [-0.15, -0.1) is 0 Å². The Morgan fingerprint density at radius 3 is 2.19 bits per heavy atom.